The molecule has 0 N–H and O–H groups in total. The lowest BCUT2D eigenvalue weighted by molar-refractivity contribution is -0.146. The molecule has 174 valence electrons. The predicted molar refractivity (Wildman–Crippen MR) is 122 cm³/mol. The average molecular weight is 441 g/mol. The van der Waals surface area contributed by atoms with Gasteiger partial charge in [-0.15, -0.1) is 0 Å². The minimum absolute atomic E-state index is 0.00714. The molecule has 6 nitrogen and oxygen atoms in total. The molecule has 6 rings (SSSR count). The van der Waals surface area contributed by atoms with Crippen LogP contribution in [0.25, 0.3) is 0 Å². The predicted octanol–water partition coefficient (Wildman–Crippen LogP) is 3.34. The maximum Gasteiger partial charge on any atom is 0.311 e. The zero-order chi connectivity index (χ0) is 22.1. The molecule has 0 bridgehead atoms. The van der Waals surface area contributed by atoms with E-state index in [1.54, 1.807) is 7.11 Å². The highest BCUT2D eigenvalue weighted by Crippen LogP contribution is 2.70. The van der Waals surface area contributed by atoms with Crippen molar-refractivity contribution in [2.45, 2.75) is 57.3 Å². The third-order valence-corrected chi connectivity index (χ3v) is 9.45. The van der Waals surface area contributed by atoms with Gasteiger partial charge in [0.15, 0.2) is 0 Å². The molecule has 32 heavy (non-hydrogen) atoms. The van der Waals surface area contributed by atoms with Crippen LogP contribution in [0.2, 0.25) is 0 Å². The Bertz CT molecular complexity index is 900. The number of methoxy groups -OCH3 is 1. The number of piperazine rings is 1. The van der Waals surface area contributed by atoms with Crippen molar-refractivity contribution in [2.24, 2.45) is 23.2 Å². The molecule has 1 aromatic carbocycles. The number of hydrogen-bond acceptors (Lipinski definition) is 6. The minimum atomic E-state index is -0.0548. The van der Waals surface area contributed by atoms with Crippen molar-refractivity contribution in [2.75, 3.05) is 44.7 Å². The first-order chi connectivity index (χ1) is 15.5. The molecule has 0 radical (unpaired) electrons. The topological polar surface area (TPSA) is 54.5 Å². The van der Waals surface area contributed by atoms with Crippen LogP contribution < -0.4 is 9.64 Å². The summed E-state index contributed by atoms with van der Waals surface area (Å²) < 4.78 is 18.2. The zero-order valence-corrected chi connectivity index (χ0v) is 19.6. The lowest BCUT2D eigenvalue weighted by Crippen LogP contribution is -2.55. The van der Waals surface area contributed by atoms with E-state index in [-0.39, 0.29) is 41.0 Å². The van der Waals surface area contributed by atoms with Gasteiger partial charge in [0.25, 0.3) is 0 Å². The monoisotopic (exact) mass is 440 g/mol. The summed E-state index contributed by atoms with van der Waals surface area (Å²) in [4.78, 5) is 17.8. The molecule has 2 aliphatic carbocycles. The molecule has 0 amide bonds. The van der Waals surface area contributed by atoms with Crippen LogP contribution in [-0.4, -0.2) is 68.5 Å². The average Bonchev–Trinajstić information content (AvgIpc) is 3.48. The molecule has 0 aromatic heterocycles. The highest BCUT2D eigenvalue weighted by Gasteiger charge is 2.78. The van der Waals surface area contributed by atoms with Crippen LogP contribution in [0.5, 0.6) is 5.75 Å². The molecule has 3 heterocycles. The second-order valence-electron chi connectivity index (χ2n) is 11.0. The fourth-order valence-corrected chi connectivity index (χ4v) is 7.78. The first kappa shape index (κ1) is 20.8. The second-order valence-corrected chi connectivity index (χ2v) is 11.0. The summed E-state index contributed by atoms with van der Waals surface area (Å²) in [6.45, 7) is 9.32. The van der Waals surface area contributed by atoms with Gasteiger partial charge in [-0.2, -0.15) is 0 Å². The van der Waals surface area contributed by atoms with Gasteiger partial charge >= 0.3 is 5.97 Å². The van der Waals surface area contributed by atoms with Crippen molar-refractivity contribution in [3.63, 3.8) is 0 Å². The number of esters is 1. The van der Waals surface area contributed by atoms with E-state index >= 15 is 0 Å². The van der Waals surface area contributed by atoms with Gasteiger partial charge in [0.1, 0.15) is 17.5 Å². The molecule has 1 spiro atoms. The quantitative estimate of drug-likeness (QED) is 0.529. The second kappa shape index (κ2) is 7.36. The molecule has 3 saturated heterocycles. The van der Waals surface area contributed by atoms with Gasteiger partial charge in [-0.1, -0.05) is 32.4 Å². The number of hydrogen-bond donors (Lipinski definition) is 0. The molecule has 0 unspecified atom stereocenters. The van der Waals surface area contributed by atoms with Gasteiger partial charge in [-0.25, -0.2) is 0 Å². The van der Waals surface area contributed by atoms with Gasteiger partial charge in [-0.05, 0) is 37.3 Å². The van der Waals surface area contributed by atoms with Crippen molar-refractivity contribution in [3.8, 4) is 5.75 Å². The van der Waals surface area contributed by atoms with E-state index in [4.69, 9.17) is 14.2 Å². The Morgan fingerprint density at radius 2 is 1.97 bits per heavy atom. The maximum atomic E-state index is 13.0. The fourth-order valence-electron chi connectivity index (χ4n) is 7.78. The van der Waals surface area contributed by atoms with Crippen LogP contribution in [0.15, 0.2) is 24.3 Å². The van der Waals surface area contributed by atoms with Gasteiger partial charge in [0.2, 0.25) is 0 Å². The maximum absolute atomic E-state index is 13.0. The number of carbonyl (C=O) groups excluding carboxylic acids is 1. The van der Waals surface area contributed by atoms with Crippen molar-refractivity contribution in [1.82, 2.24) is 4.90 Å². The molecule has 5 aliphatic rings. The zero-order valence-electron chi connectivity index (χ0n) is 19.6. The Morgan fingerprint density at radius 3 is 2.75 bits per heavy atom. The number of anilines is 1. The van der Waals surface area contributed by atoms with Crippen LogP contribution in [0.3, 0.4) is 0 Å². The Balaban J connectivity index is 1.14. The Kier molecular flexibility index (Phi) is 4.78. The normalized spacial score (nSPS) is 43.2. The molecule has 7 atom stereocenters. The summed E-state index contributed by atoms with van der Waals surface area (Å²) in [7, 11) is 1.73. The van der Waals surface area contributed by atoms with Gasteiger partial charge in [0, 0.05) is 44.1 Å². The van der Waals surface area contributed by atoms with Crippen molar-refractivity contribution in [1.29, 1.82) is 0 Å². The smallest absolute Gasteiger partial charge is 0.311 e. The van der Waals surface area contributed by atoms with E-state index in [0.29, 0.717) is 5.92 Å². The van der Waals surface area contributed by atoms with E-state index in [9.17, 15) is 4.79 Å². The van der Waals surface area contributed by atoms with Crippen LogP contribution in [0.4, 0.5) is 5.69 Å². The highest BCUT2D eigenvalue weighted by molar-refractivity contribution is 5.76. The molecule has 6 heteroatoms. The fraction of sp³-hybridized carbons (Fsp3) is 0.731. The standard InChI is InChI=1S/C26H36N2O4/c1-17-7-6-10-25(2)15-21-22(23-26(17,25)32-23)18(24(29)31-21)16-27-11-13-28(14-12-27)19-8-4-5-9-20(19)30-3/h4-5,8-9,17-18,21-23H,6-7,10-16H2,1-3H3/t17-,18+,21-,22+,23+,25+,26-/m1/s1. The van der Waals surface area contributed by atoms with Gasteiger partial charge in [-0.3, -0.25) is 9.69 Å². The number of benzene rings is 1. The molecule has 3 aliphatic heterocycles. The molecular weight excluding hydrogens is 404 g/mol. The summed E-state index contributed by atoms with van der Waals surface area (Å²) in [5, 5.41) is 0. The summed E-state index contributed by atoms with van der Waals surface area (Å²) >= 11 is 0. The SMILES string of the molecule is COc1ccccc1N1CCN(C[C@@H]2C(=O)O[C@@H]3C[C@]4(C)CCC[C@@H](C)[C@]45O[C@H]5[C@@H]23)CC1. The number of fused-ring (bicyclic) bond motifs is 2. The van der Waals surface area contributed by atoms with Crippen molar-refractivity contribution >= 4 is 11.7 Å². The third-order valence-electron chi connectivity index (χ3n) is 9.45. The highest BCUT2D eigenvalue weighted by atomic mass is 16.6. The van der Waals surface area contributed by atoms with Crippen molar-refractivity contribution in [3.05, 3.63) is 24.3 Å². The molecule has 2 saturated carbocycles. The van der Waals surface area contributed by atoms with Crippen LogP contribution >= 0.6 is 0 Å². The number of rotatable bonds is 4. The molecule has 5 fully saturated rings. The van der Waals surface area contributed by atoms with Crippen molar-refractivity contribution < 1.29 is 19.0 Å². The Morgan fingerprint density at radius 1 is 1.19 bits per heavy atom. The number of nitrogens with zero attached hydrogens (tertiary/aromatic N) is 2. The minimum Gasteiger partial charge on any atom is -0.495 e. The largest absolute Gasteiger partial charge is 0.495 e. The van der Waals surface area contributed by atoms with E-state index < -0.39 is 0 Å². The first-order valence-corrected chi connectivity index (χ1v) is 12.5. The third kappa shape index (κ3) is 2.88. The van der Waals surface area contributed by atoms with E-state index in [1.165, 1.54) is 19.3 Å². The number of para-hydroxylation sites is 2. The number of carbonyl (C=O) groups is 1. The number of ether oxygens (including phenoxy) is 3. The van der Waals surface area contributed by atoms with Gasteiger partial charge < -0.3 is 19.1 Å². The summed E-state index contributed by atoms with van der Waals surface area (Å²) in [5.74, 6) is 1.68. The number of epoxide rings is 1. The van der Waals surface area contributed by atoms with Gasteiger partial charge in [0.05, 0.1) is 24.8 Å². The molecule has 1 aromatic rings. The van der Waals surface area contributed by atoms with E-state index in [0.717, 1.165) is 50.6 Å². The summed E-state index contributed by atoms with van der Waals surface area (Å²) in [6.07, 6.45) is 4.92. The van der Waals surface area contributed by atoms with E-state index in [1.807, 2.05) is 12.1 Å². The van der Waals surface area contributed by atoms with Crippen LogP contribution in [-0.2, 0) is 14.3 Å². The summed E-state index contributed by atoms with van der Waals surface area (Å²) in [5.41, 5.74) is 1.30. The van der Waals surface area contributed by atoms with E-state index in [2.05, 4.69) is 35.8 Å². The summed E-state index contributed by atoms with van der Waals surface area (Å²) in [6, 6.07) is 8.22. The lowest BCUT2D eigenvalue weighted by Gasteiger charge is -2.49. The Hall–Kier alpha value is -1.79. The Labute approximate surface area is 191 Å². The van der Waals surface area contributed by atoms with Crippen LogP contribution in [0.1, 0.15) is 39.5 Å². The first-order valence-electron chi connectivity index (χ1n) is 12.5. The lowest BCUT2D eigenvalue weighted by atomic mass is 9.53. The molecular formula is C26H36N2O4. The van der Waals surface area contributed by atoms with Crippen LogP contribution in [0, 0.1) is 23.2 Å².